The molecule has 2 heterocycles. The van der Waals surface area contributed by atoms with E-state index in [4.69, 9.17) is 9.84 Å². The van der Waals surface area contributed by atoms with E-state index in [-0.39, 0.29) is 6.42 Å². The number of aromatic nitrogens is 3. The number of hydrogen-bond acceptors (Lipinski definition) is 6. The van der Waals surface area contributed by atoms with E-state index in [1.165, 1.54) is 24.8 Å². The number of nitrogens with zero attached hydrogens (tertiary/aromatic N) is 3. The Hall–Kier alpha value is -2.02. The zero-order valence-corrected chi connectivity index (χ0v) is 10.7. The maximum atomic E-state index is 10.7. The highest BCUT2D eigenvalue weighted by Gasteiger charge is 2.13. The number of thiazole rings is 1. The average Bonchev–Trinajstić information content (AvgIpc) is 2.70. The Morgan fingerprint density at radius 1 is 1.50 bits per heavy atom. The summed E-state index contributed by atoms with van der Waals surface area (Å²) in [4.78, 5) is 23.8. The molecule has 0 saturated carbocycles. The van der Waals surface area contributed by atoms with Gasteiger partial charge in [0.2, 0.25) is 5.88 Å². The second-order valence-electron chi connectivity index (χ2n) is 3.54. The molecule has 18 heavy (non-hydrogen) atoms. The third kappa shape index (κ3) is 2.62. The zero-order chi connectivity index (χ0) is 13.1. The summed E-state index contributed by atoms with van der Waals surface area (Å²) in [6, 6.07) is 1.67. The van der Waals surface area contributed by atoms with E-state index in [1.807, 2.05) is 0 Å². The summed E-state index contributed by atoms with van der Waals surface area (Å²) in [5.74, 6) is -0.416. The molecule has 7 heteroatoms. The van der Waals surface area contributed by atoms with Gasteiger partial charge in [-0.2, -0.15) is 0 Å². The van der Waals surface area contributed by atoms with Crippen molar-refractivity contribution in [2.24, 2.45) is 0 Å². The van der Waals surface area contributed by atoms with Crippen molar-refractivity contribution < 1.29 is 14.6 Å². The summed E-state index contributed by atoms with van der Waals surface area (Å²) in [5, 5.41) is 9.46. The lowest BCUT2D eigenvalue weighted by atomic mass is 10.3. The maximum absolute atomic E-state index is 10.7. The molecule has 0 aliphatic carbocycles. The lowest BCUT2D eigenvalue weighted by Gasteiger charge is -1.98. The molecule has 2 rings (SSSR count). The number of ether oxygens (including phenoxy) is 1. The van der Waals surface area contributed by atoms with Crippen LogP contribution in [0.5, 0.6) is 5.88 Å². The van der Waals surface area contributed by atoms with Crippen molar-refractivity contribution >= 4 is 17.3 Å². The van der Waals surface area contributed by atoms with Crippen LogP contribution in [0.3, 0.4) is 0 Å². The van der Waals surface area contributed by atoms with Gasteiger partial charge in [-0.05, 0) is 6.92 Å². The molecule has 0 saturated heterocycles. The van der Waals surface area contributed by atoms with Crippen LogP contribution < -0.4 is 4.74 Å². The Bertz CT molecular complexity index is 583. The van der Waals surface area contributed by atoms with Crippen LogP contribution in [-0.2, 0) is 11.2 Å². The quantitative estimate of drug-likeness (QED) is 0.902. The predicted molar refractivity (Wildman–Crippen MR) is 65.8 cm³/mol. The summed E-state index contributed by atoms with van der Waals surface area (Å²) in [6.45, 7) is 1.79. The van der Waals surface area contributed by atoms with Crippen molar-refractivity contribution in [1.82, 2.24) is 15.0 Å². The van der Waals surface area contributed by atoms with Gasteiger partial charge in [-0.1, -0.05) is 0 Å². The van der Waals surface area contributed by atoms with E-state index >= 15 is 0 Å². The molecule has 1 N–H and O–H groups in total. The van der Waals surface area contributed by atoms with Crippen molar-refractivity contribution in [2.75, 3.05) is 7.11 Å². The summed E-state index contributed by atoms with van der Waals surface area (Å²) in [7, 11) is 1.52. The highest BCUT2D eigenvalue weighted by atomic mass is 32.1. The average molecular weight is 265 g/mol. The molecule has 6 nitrogen and oxygen atoms in total. The fraction of sp³-hybridized carbons (Fsp3) is 0.273. The van der Waals surface area contributed by atoms with E-state index in [0.717, 1.165) is 10.6 Å². The van der Waals surface area contributed by atoms with Gasteiger partial charge in [0, 0.05) is 10.9 Å². The monoisotopic (exact) mass is 265 g/mol. The molecule has 0 bridgehead atoms. The highest BCUT2D eigenvalue weighted by Crippen LogP contribution is 2.27. The third-order valence-electron chi connectivity index (χ3n) is 2.27. The molecule has 0 atom stereocenters. The fourth-order valence-corrected chi connectivity index (χ4v) is 2.43. The largest absolute Gasteiger partial charge is 0.481 e. The number of hydrogen-bond donors (Lipinski definition) is 1. The molecule has 2 aromatic rings. The van der Waals surface area contributed by atoms with Crippen LogP contribution in [0.15, 0.2) is 12.4 Å². The van der Waals surface area contributed by atoms with Gasteiger partial charge in [-0.3, -0.25) is 4.79 Å². The molecule has 94 valence electrons. The Labute approximate surface area is 107 Å². The lowest BCUT2D eigenvalue weighted by Crippen LogP contribution is -1.99. The van der Waals surface area contributed by atoms with Crippen molar-refractivity contribution in [3.63, 3.8) is 0 Å². The predicted octanol–water partition coefficient (Wildman–Crippen LogP) is 1.54. The summed E-state index contributed by atoms with van der Waals surface area (Å²) >= 11 is 1.32. The number of rotatable bonds is 4. The van der Waals surface area contributed by atoms with Crippen LogP contribution >= 0.6 is 11.3 Å². The van der Waals surface area contributed by atoms with Crippen LogP contribution in [-0.4, -0.2) is 33.1 Å². The van der Waals surface area contributed by atoms with E-state index in [1.54, 1.807) is 13.0 Å². The molecule has 0 amide bonds. The molecule has 0 aliphatic heterocycles. The van der Waals surface area contributed by atoms with Crippen LogP contribution in [0, 0.1) is 6.92 Å². The number of methoxy groups -OCH3 is 1. The number of carbonyl (C=O) groups is 1. The van der Waals surface area contributed by atoms with Crippen molar-refractivity contribution in [2.45, 2.75) is 13.3 Å². The Kier molecular flexibility index (Phi) is 3.52. The molecule has 0 spiro atoms. The van der Waals surface area contributed by atoms with E-state index in [9.17, 15) is 4.79 Å². The van der Waals surface area contributed by atoms with Gasteiger partial charge >= 0.3 is 5.97 Å². The van der Waals surface area contributed by atoms with E-state index < -0.39 is 5.97 Å². The Morgan fingerprint density at radius 3 is 2.94 bits per heavy atom. The van der Waals surface area contributed by atoms with Crippen LogP contribution in [0.1, 0.15) is 10.6 Å². The van der Waals surface area contributed by atoms with Crippen molar-refractivity contribution in [3.8, 4) is 16.6 Å². The number of carboxylic acids is 1. The van der Waals surface area contributed by atoms with Gasteiger partial charge in [0.15, 0.2) is 0 Å². The minimum atomic E-state index is -0.867. The van der Waals surface area contributed by atoms with Crippen LogP contribution in [0.25, 0.3) is 10.7 Å². The first-order chi connectivity index (χ1) is 8.60. The van der Waals surface area contributed by atoms with E-state index in [0.29, 0.717) is 16.6 Å². The fourth-order valence-electron chi connectivity index (χ4n) is 1.41. The minimum Gasteiger partial charge on any atom is -0.481 e. The molecule has 0 aliphatic rings. The Morgan fingerprint density at radius 2 is 2.28 bits per heavy atom. The number of carboxylic acid groups (broad SMARTS) is 1. The molecule has 2 aromatic heterocycles. The molecular formula is C11H11N3O3S. The molecule has 0 radical (unpaired) electrons. The van der Waals surface area contributed by atoms with Crippen LogP contribution in [0.2, 0.25) is 0 Å². The molecule has 0 fully saturated rings. The van der Waals surface area contributed by atoms with Crippen molar-refractivity contribution in [3.05, 3.63) is 23.0 Å². The van der Waals surface area contributed by atoms with Gasteiger partial charge in [0.1, 0.15) is 17.0 Å². The lowest BCUT2D eigenvalue weighted by molar-refractivity contribution is -0.136. The second kappa shape index (κ2) is 5.09. The summed E-state index contributed by atoms with van der Waals surface area (Å²) < 4.78 is 5.01. The molecular weight excluding hydrogens is 254 g/mol. The molecule has 0 aromatic carbocycles. The van der Waals surface area contributed by atoms with Gasteiger partial charge in [0.25, 0.3) is 0 Å². The summed E-state index contributed by atoms with van der Waals surface area (Å²) in [5.41, 5.74) is 1.35. The second-order valence-corrected chi connectivity index (χ2v) is 4.63. The SMILES string of the molecule is COc1cc(-c2nc(C)c(CC(=O)O)s2)ncn1. The van der Waals surface area contributed by atoms with Crippen LogP contribution in [0.4, 0.5) is 0 Å². The number of aliphatic carboxylic acids is 1. The number of aryl methyl sites for hydroxylation is 1. The first-order valence-electron chi connectivity index (χ1n) is 5.14. The van der Waals surface area contributed by atoms with Gasteiger partial charge in [-0.25, -0.2) is 15.0 Å². The smallest absolute Gasteiger partial charge is 0.308 e. The Balaban J connectivity index is 2.35. The van der Waals surface area contributed by atoms with Gasteiger partial charge < -0.3 is 9.84 Å². The van der Waals surface area contributed by atoms with E-state index in [2.05, 4.69) is 15.0 Å². The topological polar surface area (TPSA) is 85.2 Å². The van der Waals surface area contributed by atoms with Crippen molar-refractivity contribution in [1.29, 1.82) is 0 Å². The third-order valence-corrected chi connectivity index (χ3v) is 3.45. The normalized spacial score (nSPS) is 10.3. The zero-order valence-electron chi connectivity index (χ0n) is 9.88. The highest BCUT2D eigenvalue weighted by molar-refractivity contribution is 7.15. The van der Waals surface area contributed by atoms with Gasteiger partial charge in [-0.15, -0.1) is 11.3 Å². The minimum absolute atomic E-state index is 0.0221. The standard InChI is InChI=1S/C11H11N3O3S/c1-6-8(4-10(15)16)18-11(14-6)7-3-9(17-2)13-5-12-7/h3,5H,4H2,1-2H3,(H,15,16). The maximum Gasteiger partial charge on any atom is 0.308 e. The van der Waals surface area contributed by atoms with Gasteiger partial charge in [0.05, 0.1) is 19.2 Å². The summed E-state index contributed by atoms with van der Waals surface area (Å²) in [6.07, 6.45) is 1.37. The molecule has 0 unspecified atom stereocenters. The first-order valence-corrected chi connectivity index (χ1v) is 5.96. The first kappa shape index (κ1) is 12.4.